The molecule has 3 heterocycles. The fourth-order valence-electron chi connectivity index (χ4n) is 2.70. The van der Waals surface area contributed by atoms with Gasteiger partial charge in [-0.15, -0.1) is 0 Å². The van der Waals surface area contributed by atoms with Crippen LogP contribution >= 0.6 is 0 Å². The van der Waals surface area contributed by atoms with Gasteiger partial charge < -0.3 is 24.0 Å². The fraction of sp³-hybridized carbons (Fsp3) is 0.118. The van der Waals surface area contributed by atoms with Gasteiger partial charge in [0.2, 0.25) is 0 Å². The first-order chi connectivity index (χ1) is 11.6. The molecule has 2 aromatic rings. The van der Waals surface area contributed by atoms with Crippen LogP contribution in [0.5, 0.6) is 0 Å². The first kappa shape index (κ1) is 17.2. The highest BCUT2D eigenvalue weighted by molar-refractivity contribution is 5.81. The van der Waals surface area contributed by atoms with Gasteiger partial charge in [0.1, 0.15) is 7.05 Å². The zero-order valence-electron chi connectivity index (χ0n) is 13.5. The number of benzene rings is 1. The number of para-hydroxylation sites is 2. The average molecular weight is 447 g/mol. The van der Waals surface area contributed by atoms with Crippen molar-refractivity contribution in [1.29, 1.82) is 0 Å². The van der Waals surface area contributed by atoms with Crippen LogP contribution in [0.3, 0.4) is 0 Å². The molecule has 0 atom stereocenters. The van der Waals surface area contributed by atoms with Gasteiger partial charge in [-0.05, 0) is 12.1 Å². The van der Waals surface area contributed by atoms with Crippen LogP contribution < -0.4 is 39.8 Å². The first-order valence-corrected chi connectivity index (χ1v) is 7.40. The Morgan fingerprint density at radius 1 is 1.00 bits per heavy atom. The molecule has 0 saturated heterocycles. The molecule has 4 rings (SSSR count). The van der Waals surface area contributed by atoms with Gasteiger partial charge in [0.15, 0.2) is 23.9 Å². The minimum atomic E-state index is -0.597. The van der Waals surface area contributed by atoms with Crippen molar-refractivity contribution in [2.45, 2.75) is 0 Å². The second-order valence-electron chi connectivity index (χ2n) is 5.59. The second-order valence-corrected chi connectivity index (χ2v) is 5.59. The summed E-state index contributed by atoms with van der Waals surface area (Å²) in [6.07, 6.45) is 3.78. The number of aryl methyl sites for hydroxylation is 1. The monoisotopic (exact) mass is 447 g/mol. The summed E-state index contributed by atoms with van der Waals surface area (Å²) < 4.78 is 4.67. The van der Waals surface area contributed by atoms with E-state index in [9.17, 15) is 9.59 Å². The Balaban J connectivity index is 0.00000182. The Morgan fingerprint density at radius 2 is 1.68 bits per heavy atom. The lowest BCUT2D eigenvalue weighted by Gasteiger charge is -2.16. The van der Waals surface area contributed by atoms with Crippen LogP contribution in [0, 0.1) is 0 Å². The third kappa shape index (κ3) is 2.72. The van der Waals surface area contributed by atoms with Crippen LogP contribution in [-0.2, 0) is 14.1 Å². The highest BCUT2D eigenvalue weighted by Gasteiger charge is 2.21. The van der Waals surface area contributed by atoms with E-state index in [0.717, 1.165) is 15.8 Å². The van der Waals surface area contributed by atoms with E-state index in [1.807, 2.05) is 60.4 Å². The average Bonchev–Trinajstić information content (AvgIpc) is 2.59. The van der Waals surface area contributed by atoms with Crippen molar-refractivity contribution in [3.05, 3.63) is 69.6 Å². The van der Waals surface area contributed by atoms with Crippen LogP contribution in [-0.4, -0.2) is 19.1 Å². The maximum Gasteiger partial charge on any atom is 0.352 e. The summed E-state index contributed by atoms with van der Waals surface area (Å²) >= 11 is 0. The van der Waals surface area contributed by atoms with Gasteiger partial charge in [0.05, 0.1) is 16.7 Å². The van der Waals surface area contributed by atoms with Crippen molar-refractivity contribution in [3.63, 3.8) is 0 Å². The van der Waals surface area contributed by atoms with Crippen LogP contribution in [0.25, 0.3) is 28.2 Å². The van der Waals surface area contributed by atoms with Crippen molar-refractivity contribution < 1.29 is 28.5 Å². The predicted molar refractivity (Wildman–Crippen MR) is 88.2 cm³/mol. The maximum absolute atomic E-state index is 12.5. The number of pyridine rings is 1. The number of nitrogens with zero attached hydrogens (tertiary/aromatic N) is 5. The molecule has 8 heteroatoms. The standard InChI is InChI=1S/C17H14N5O2.HI/c1-20-9-7-11(8-10-20)22-13-6-4-3-5-12(13)18-14-15(22)19-17(24)21(2)16(14)23;/h3-10H,1-2H3;1H/q+1;/p-1. The highest BCUT2D eigenvalue weighted by Crippen LogP contribution is 2.24. The zero-order valence-corrected chi connectivity index (χ0v) is 15.7. The van der Waals surface area contributed by atoms with Gasteiger partial charge in [-0.2, -0.15) is 4.98 Å². The van der Waals surface area contributed by atoms with E-state index < -0.39 is 11.2 Å². The Morgan fingerprint density at radius 3 is 2.40 bits per heavy atom. The van der Waals surface area contributed by atoms with Gasteiger partial charge in [-0.3, -0.25) is 13.9 Å². The third-order valence-electron chi connectivity index (χ3n) is 3.99. The number of hydrogen-bond donors (Lipinski definition) is 0. The number of halogens is 1. The molecule has 0 spiro atoms. The quantitative estimate of drug-likeness (QED) is 0.183. The molecule has 0 radical (unpaired) electrons. The SMILES string of the molecule is Cn1c(=O)nc2n(-c3cc[n+](C)cc3)c3ccccc3nc-2c1=O.[I-]. The van der Waals surface area contributed by atoms with Crippen molar-refractivity contribution in [1.82, 2.24) is 19.1 Å². The van der Waals surface area contributed by atoms with Crippen molar-refractivity contribution >= 4 is 11.0 Å². The molecular formula is C17H14IN5O2. The van der Waals surface area contributed by atoms with Crippen LogP contribution in [0.4, 0.5) is 0 Å². The molecule has 2 aliphatic heterocycles. The minimum Gasteiger partial charge on any atom is -1.00 e. The van der Waals surface area contributed by atoms with Crippen LogP contribution in [0.1, 0.15) is 0 Å². The second kappa shape index (κ2) is 6.36. The third-order valence-corrected chi connectivity index (χ3v) is 3.99. The Labute approximate surface area is 159 Å². The van der Waals surface area contributed by atoms with E-state index in [1.165, 1.54) is 7.05 Å². The summed E-state index contributed by atoms with van der Waals surface area (Å²) in [5, 5.41) is 0. The largest absolute Gasteiger partial charge is 1.00 e. The molecule has 2 aliphatic rings. The van der Waals surface area contributed by atoms with Crippen molar-refractivity contribution in [2.24, 2.45) is 14.1 Å². The smallest absolute Gasteiger partial charge is 0.352 e. The molecule has 0 N–H and O–H groups in total. The molecule has 0 saturated carbocycles. The highest BCUT2D eigenvalue weighted by atomic mass is 127. The summed E-state index contributed by atoms with van der Waals surface area (Å²) in [4.78, 5) is 33.0. The summed E-state index contributed by atoms with van der Waals surface area (Å²) in [6, 6.07) is 11.3. The molecule has 1 aromatic carbocycles. The normalized spacial score (nSPS) is 10.8. The van der Waals surface area contributed by atoms with E-state index in [4.69, 9.17) is 0 Å². The molecule has 0 fully saturated rings. The lowest BCUT2D eigenvalue weighted by molar-refractivity contribution is -0.671. The van der Waals surface area contributed by atoms with Gasteiger partial charge in [-0.1, -0.05) is 12.1 Å². The molecular weight excluding hydrogens is 433 g/mol. The first-order valence-electron chi connectivity index (χ1n) is 7.40. The van der Waals surface area contributed by atoms with Crippen molar-refractivity contribution in [3.8, 4) is 17.2 Å². The van der Waals surface area contributed by atoms with Crippen LogP contribution in [0.2, 0.25) is 0 Å². The Bertz CT molecular complexity index is 1160. The van der Waals surface area contributed by atoms with E-state index >= 15 is 0 Å². The van der Waals surface area contributed by atoms with Gasteiger partial charge >= 0.3 is 5.69 Å². The Hall–Kier alpha value is -2.62. The molecule has 0 bridgehead atoms. The van der Waals surface area contributed by atoms with E-state index in [2.05, 4.69) is 9.97 Å². The fourth-order valence-corrected chi connectivity index (χ4v) is 2.70. The minimum absolute atomic E-state index is 0. The summed E-state index contributed by atoms with van der Waals surface area (Å²) in [5.74, 6) is 0.260. The predicted octanol–water partition coefficient (Wildman–Crippen LogP) is -2.59. The number of hydrogen-bond acceptors (Lipinski definition) is 4. The number of fused-ring (bicyclic) bond motifs is 2. The Kier molecular flexibility index (Phi) is 4.38. The number of rotatable bonds is 1. The maximum atomic E-state index is 12.5. The molecule has 0 unspecified atom stereocenters. The van der Waals surface area contributed by atoms with E-state index in [0.29, 0.717) is 5.52 Å². The molecule has 0 amide bonds. The molecule has 25 heavy (non-hydrogen) atoms. The molecule has 7 nitrogen and oxygen atoms in total. The van der Waals surface area contributed by atoms with Gasteiger partial charge in [-0.25, -0.2) is 14.3 Å². The summed E-state index contributed by atoms with van der Waals surface area (Å²) in [6.45, 7) is 0. The van der Waals surface area contributed by atoms with E-state index in [-0.39, 0.29) is 35.5 Å². The topological polar surface area (TPSA) is 73.7 Å². The summed E-state index contributed by atoms with van der Waals surface area (Å²) in [5.41, 5.74) is 1.36. The summed E-state index contributed by atoms with van der Waals surface area (Å²) in [7, 11) is 3.32. The van der Waals surface area contributed by atoms with E-state index in [1.54, 1.807) is 4.57 Å². The lowest BCUT2D eigenvalue weighted by atomic mass is 10.2. The van der Waals surface area contributed by atoms with Crippen molar-refractivity contribution in [2.75, 3.05) is 0 Å². The zero-order chi connectivity index (χ0) is 16.8. The lowest BCUT2D eigenvalue weighted by Crippen LogP contribution is -3.00. The number of aromatic nitrogens is 5. The van der Waals surface area contributed by atoms with Gasteiger partial charge in [0, 0.05) is 19.2 Å². The van der Waals surface area contributed by atoms with Gasteiger partial charge in [0.25, 0.3) is 5.56 Å². The molecule has 0 aliphatic carbocycles. The van der Waals surface area contributed by atoms with Crippen LogP contribution in [0.15, 0.2) is 58.4 Å². The molecule has 1 aromatic heterocycles. The molecule has 126 valence electrons.